The van der Waals surface area contributed by atoms with E-state index in [0.717, 1.165) is 35.2 Å². The van der Waals surface area contributed by atoms with Gasteiger partial charge in [-0.1, -0.05) is 24.3 Å². The Balaban J connectivity index is 1.82. The van der Waals surface area contributed by atoms with Crippen LogP contribution in [0.15, 0.2) is 67.0 Å². The smallest absolute Gasteiger partial charge is 0.418 e. The molecular weight excluding hydrogens is 487 g/mol. The van der Waals surface area contributed by atoms with Gasteiger partial charge in [-0.25, -0.2) is 13.8 Å². The van der Waals surface area contributed by atoms with E-state index in [2.05, 4.69) is 4.98 Å². The predicted molar refractivity (Wildman–Crippen MR) is 115 cm³/mol. The summed E-state index contributed by atoms with van der Waals surface area (Å²) < 4.78 is 76.6. The van der Waals surface area contributed by atoms with Crippen LogP contribution in [0, 0.1) is 27.2 Å². The molecule has 12 heteroatoms. The van der Waals surface area contributed by atoms with Crippen LogP contribution in [0.4, 0.5) is 27.6 Å². The fraction of sp³-hybridized carbons (Fsp3) is 0.0833. The number of hydrogen-bond acceptors (Lipinski definition) is 5. The minimum absolute atomic E-state index is 0.137. The summed E-state index contributed by atoms with van der Waals surface area (Å²) in [5, 5.41) is 20.2. The Hall–Kier alpha value is -4.61. The van der Waals surface area contributed by atoms with E-state index in [-0.39, 0.29) is 34.0 Å². The van der Waals surface area contributed by atoms with Gasteiger partial charge >= 0.3 is 6.18 Å². The fourth-order valence-corrected chi connectivity index (χ4v) is 4.24. The van der Waals surface area contributed by atoms with Gasteiger partial charge in [0.15, 0.2) is 0 Å². The Bertz CT molecular complexity index is 1600. The number of halogens is 5. The molecule has 3 aromatic carbocycles. The first-order valence-corrected chi connectivity index (χ1v) is 10.3. The number of ether oxygens (including phenoxy) is 1. The number of fused-ring (bicyclic) bond motifs is 2. The zero-order chi connectivity index (χ0) is 25.8. The molecule has 1 aromatic heterocycles. The predicted octanol–water partition coefficient (Wildman–Crippen LogP) is 5.84. The molecule has 0 amide bonds. The standard InChI is InChI=1S/C24H13F5N4O3/c25-13-9-16(26)20-18(10-13)36-23-21(19(20)12-4-3-5-14(8-12)33(34)35)22(30)32(11-31-23)17-7-2-1-6-15(17)24(27,28)29/h1-11,19,30H. The summed E-state index contributed by atoms with van der Waals surface area (Å²) >= 11 is 0. The van der Waals surface area contributed by atoms with Crippen LogP contribution in [0.25, 0.3) is 5.69 Å². The van der Waals surface area contributed by atoms with E-state index in [1.807, 2.05) is 0 Å². The third-order valence-corrected chi connectivity index (χ3v) is 5.74. The first-order chi connectivity index (χ1) is 17.1. The molecule has 1 aliphatic rings. The van der Waals surface area contributed by atoms with Crippen molar-refractivity contribution in [2.75, 3.05) is 0 Å². The lowest BCUT2D eigenvalue weighted by atomic mass is 9.83. The van der Waals surface area contributed by atoms with Gasteiger partial charge in [0.25, 0.3) is 5.69 Å². The van der Waals surface area contributed by atoms with Gasteiger partial charge < -0.3 is 4.74 Å². The third kappa shape index (κ3) is 3.76. The molecule has 1 N–H and O–H groups in total. The normalized spacial score (nSPS) is 14.5. The Morgan fingerprint density at radius 2 is 1.78 bits per heavy atom. The molecule has 0 radical (unpaired) electrons. The van der Waals surface area contributed by atoms with Crippen LogP contribution in [0.3, 0.4) is 0 Å². The second-order valence-corrected chi connectivity index (χ2v) is 7.88. The molecule has 5 rings (SSSR count). The maximum atomic E-state index is 15.1. The van der Waals surface area contributed by atoms with Crippen molar-refractivity contribution in [3.05, 3.63) is 116 Å². The Kier molecular flexibility index (Phi) is 5.31. The number of nitro groups is 1. The lowest BCUT2D eigenvalue weighted by Gasteiger charge is -2.29. The minimum Gasteiger partial charge on any atom is -0.438 e. The number of para-hydroxylation sites is 1. The molecule has 0 bridgehead atoms. The highest BCUT2D eigenvalue weighted by Gasteiger charge is 2.37. The van der Waals surface area contributed by atoms with Crippen LogP contribution in [-0.2, 0) is 6.18 Å². The number of benzene rings is 3. The fourth-order valence-electron chi connectivity index (χ4n) is 4.24. The second-order valence-electron chi connectivity index (χ2n) is 7.88. The first-order valence-electron chi connectivity index (χ1n) is 10.3. The van der Waals surface area contributed by atoms with Gasteiger partial charge in [0, 0.05) is 35.7 Å². The molecule has 1 unspecified atom stereocenters. The van der Waals surface area contributed by atoms with Crippen molar-refractivity contribution in [1.82, 2.24) is 9.55 Å². The SMILES string of the molecule is N=c1c2c(ncn1-c1ccccc1C(F)(F)F)Oc1cc(F)cc(F)c1C2c1cccc([N+](=O)[O-])c1. The monoisotopic (exact) mass is 500 g/mol. The molecule has 4 aromatic rings. The number of non-ortho nitro benzene ring substituents is 1. The molecule has 36 heavy (non-hydrogen) atoms. The Morgan fingerprint density at radius 1 is 1.03 bits per heavy atom. The molecule has 0 aliphatic carbocycles. The highest BCUT2D eigenvalue weighted by Crippen LogP contribution is 2.47. The van der Waals surface area contributed by atoms with Gasteiger partial charge in [-0.05, 0) is 17.7 Å². The average Bonchev–Trinajstić information content (AvgIpc) is 2.82. The molecule has 1 aliphatic heterocycles. The van der Waals surface area contributed by atoms with Gasteiger partial charge in [-0.2, -0.15) is 13.2 Å². The summed E-state index contributed by atoms with van der Waals surface area (Å²) in [6.07, 6.45) is -3.81. The summed E-state index contributed by atoms with van der Waals surface area (Å²) in [6.45, 7) is 0. The molecule has 0 spiro atoms. The van der Waals surface area contributed by atoms with E-state index >= 15 is 4.39 Å². The van der Waals surface area contributed by atoms with Crippen LogP contribution in [0.2, 0.25) is 0 Å². The van der Waals surface area contributed by atoms with Crippen LogP contribution >= 0.6 is 0 Å². The molecule has 0 fully saturated rings. The lowest BCUT2D eigenvalue weighted by molar-refractivity contribution is -0.384. The highest BCUT2D eigenvalue weighted by atomic mass is 19.4. The molecule has 7 nitrogen and oxygen atoms in total. The maximum absolute atomic E-state index is 15.1. The van der Waals surface area contributed by atoms with Crippen molar-refractivity contribution in [2.45, 2.75) is 12.1 Å². The maximum Gasteiger partial charge on any atom is 0.418 e. The van der Waals surface area contributed by atoms with Gasteiger partial charge in [0.05, 0.1) is 21.7 Å². The largest absolute Gasteiger partial charge is 0.438 e. The summed E-state index contributed by atoms with van der Waals surface area (Å²) in [6, 6.07) is 11.1. The molecule has 0 saturated heterocycles. The van der Waals surface area contributed by atoms with E-state index < -0.39 is 45.4 Å². The number of nitrogens with one attached hydrogen (secondary N) is 1. The molecule has 0 saturated carbocycles. The van der Waals surface area contributed by atoms with Gasteiger partial charge in [0.1, 0.15) is 29.2 Å². The molecule has 182 valence electrons. The van der Waals surface area contributed by atoms with E-state index in [1.54, 1.807) is 0 Å². The van der Waals surface area contributed by atoms with Gasteiger partial charge in [-0.15, -0.1) is 0 Å². The van der Waals surface area contributed by atoms with Gasteiger partial charge in [-0.3, -0.25) is 20.1 Å². The number of rotatable bonds is 3. The van der Waals surface area contributed by atoms with E-state index in [4.69, 9.17) is 10.1 Å². The summed E-state index contributed by atoms with van der Waals surface area (Å²) in [7, 11) is 0. The number of hydrogen-bond donors (Lipinski definition) is 1. The van der Waals surface area contributed by atoms with E-state index in [9.17, 15) is 27.7 Å². The van der Waals surface area contributed by atoms with Crippen molar-refractivity contribution in [3.63, 3.8) is 0 Å². The number of nitro benzene ring substituents is 1. The van der Waals surface area contributed by atoms with Gasteiger partial charge in [0.2, 0.25) is 5.88 Å². The Morgan fingerprint density at radius 3 is 2.50 bits per heavy atom. The number of nitrogens with zero attached hydrogens (tertiary/aromatic N) is 3. The van der Waals surface area contributed by atoms with Crippen molar-refractivity contribution in [3.8, 4) is 17.3 Å². The third-order valence-electron chi connectivity index (χ3n) is 5.74. The topological polar surface area (TPSA) is 94.0 Å². The van der Waals surface area contributed by atoms with Crippen molar-refractivity contribution >= 4 is 5.69 Å². The van der Waals surface area contributed by atoms with Crippen LogP contribution in [0.5, 0.6) is 11.6 Å². The van der Waals surface area contributed by atoms with Crippen LogP contribution in [-0.4, -0.2) is 14.5 Å². The quantitative estimate of drug-likeness (QED) is 0.191. The summed E-state index contributed by atoms with van der Waals surface area (Å²) in [5.41, 5.74) is -2.55. The molecule has 1 atom stereocenters. The zero-order valence-electron chi connectivity index (χ0n) is 17.9. The summed E-state index contributed by atoms with van der Waals surface area (Å²) in [5.74, 6) is -3.82. The second kappa shape index (κ2) is 8.26. The molecular formula is C24H13F5N4O3. The Labute approximate surface area is 198 Å². The number of alkyl halides is 3. The van der Waals surface area contributed by atoms with Crippen LogP contribution in [0.1, 0.15) is 28.2 Å². The van der Waals surface area contributed by atoms with Crippen molar-refractivity contribution in [1.29, 1.82) is 5.41 Å². The lowest BCUT2D eigenvalue weighted by Crippen LogP contribution is -2.30. The first kappa shape index (κ1) is 23.1. The van der Waals surface area contributed by atoms with Crippen LogP contribution < -0.4 is 10.2 Å². The molecule has 2 heterocycles. The zero-order valence-corrected chi connectivity index (χ0v) is 17.9. The van der Waals surface area contributed by atoms with E-state index in [0.29, 0.717) is 6.07 Å². The summed E-state index contributed by atoms with van der Waals surface area (Å²) in [4.78, 5) is 14.7. The van der Waals surface area contributed by atoms with Crippen molar-refractivity contribution < 1.29 is 31.6 Å². The van der Waals surface area contributed by atoms with E-state index in [1.165, 1.54) is 30.3 Å². The average molecular weight is 500 g/mol. The van der Waals surface area contributed by atoms with Crippen molar-refractivity contribution in [2.24, 2.45) is 0 Å². The number of aromatic nitrogens is 2. The minimum atomic E-state index is -4.75. The highest BCUT2D eigenvalue weighted by molar-refractivity contribution is 5.58.